The lowest BCUT2D eigenvalue weighted by atomic mass is 10.0. The summed E-state index contributed by atoms with van der Waals surface area (Å²) in [4.78, 5) is 14.0. The number of aryl methyl sites for hydroxylation is 2. The van der Waals surface area contributed by atoms with Gasteiger partial charge in [0.15, 0.2) is 0 Å². The fourth-order valence-corrected chi connectivity index (χ4v) is 1.91. The van der Waals surface area contributed by atoms with E-state index in [2.05, 4.69) is 0 Å². The van der Waals surface area contributed by atoms with Gasteiger partial charge in [-0.3, -0.25) is 4.79 Å². The molecule has 17 heavy (non-hydrogen) atoms. The van der Waals surface area contributed by atoms with Crippen LogP contribution >= 0.6 is 11.6 Å². The fraction of sp³-hybridized carbons (Fsp3) is 0.500. The summed E-state index contributed by atoms with van der Waals surface area (Å²) in [6, 6.07) is 5.92. The summed E-state index contributed by atoms with van der Waals surface area (Å²) >= 11 is 5.90. The van der Waals surface area contributed by atoms with E-state index in [4.69, 9.17) is 11.6 Å². The van der Waals surface area contributed by atoms with E-state index in [1.54, 1.807) is 4.90 Å². The maximum atomic E-state index is 12.3. The molecule has 0 saturated carbocycles. The molecule has 3 heteroatoms. The molecule has 2 nitrogen and oxygen atoms in total. The first-order valence-electron chi connectivity index (χ1n) is 5.89. The van der Waals surface area contributed by atoms with Crippen molar-refractivity contribution < 1.29 is 4.79 Å². The first-order chi connectivity index (χ1) is 7.93. The number of carbonyl (C=O) groups excluding carboxylic acids is 1. The molecule has 0 saturated heterocycles. The molecule has 1 rings (SSSR count). The van der Waals surface area contributed by atoms with E-state index in [-0.39, 0.29) is 11.3 Å². The zero-order valence-electron chi connectivity index (χ0n) is 11.0. The molecule has 1 unspecified atom stereocenters. The largest absolute Gasteiger partial charge is 0.342 e. The number of nitrogens with zero attached hydrogens (tertiary/aromatic N) is 1. The van der Waals surface area contributed by atoms with E-state index < -0.39 is 0 Å². The van der Waals surface area contributed by atoms with Crippen LogP contribution in [0.1, 0.15) is 34.8 Å². The van der Waals surface area contributed by atoms with Gasteiger partial charge in [-0.15, -0.1) is 11.6 Å². The van der Waals surface area contributed by atoms with Crippen molar-refractivity contribution in [2.45, 2.75) is 32.6 Å². The smallest absolute Gasteiger partial charge is 0.254 e. The van der Waals surface area contributed by atoms with Gasteiger partial charge in [-0.25, -0.2) is 0 Å². The molecule has 0 spiro atoms. The molecule has 0 N–H and O–H groups in total. The topological polar surface area (TPSA) is 20.3 Å². The molecule has 0 bridgehead atoms. The molecular weight excluding hydrogens is 234 g/mol. The molecule has 0 aliphatic heterocycles. The van der Waals surface area contributed by atoms with E-state index in [9.17, 15) is 4.79 Å². The van der Waals surface area contributed by atoms with E-state index >= 15 is 0 Å². The molecule has 1 aromatic rings. The number of rotatable bonds is 4. The second-order valence-corrected chi connectivity index (χ2v) is 5.31. The van der Waals surface area contributed by atoms with Crippen LogP contribution in [0.4, 0.5) is 0 Å². The Hall–Kier alpha value is -1.02. The Balaban J connectivity index is 2.82. The van der Waals surface area contributed by atoms with Crippen molar-refractivity contribution in [2.75, 3.05) is 13.6 Å². The van der Waals surface area contributed by atoms with Crippen LogP contribution in [0, 0.1) is 13.8 Å². The van der Waals surface area contributed by atoms with Crippen LogP contribution in [-0.2, 0) is 0 Å². The minimum Gasteiger partial charge on any atom is -0.342 e. The van der Waals surface area contributed by atoms with Gasteiger partial charge in [0.2, 0.25) is 0 Å². The van der Waals surface area contributed by atoms with Crippen molar-refractivity contribution in [3.05, 3.63) is 34.9 Å². The third kappa shape index (κ3) is 3.74. The lowest BCUT2D eigenvalue weighted by molar-refractivity contribution is 0.0792. The molecule has 0 fully saturated rings. The zero-order chi connectivity index (χ0) is 13.0. The van der Waals surface area contributed by atoms with Crippen LogP contribution in [0.5, 0.6) is 0 Å². The zero-order valence-corrected chi connectivity index (χ0v) is 11.7. The van der Waals surface area contributed by atoms with Crippen molar-refractivity contribution in [3.63, 3.8) is 0 Å². The molecule has 94 valence electrons. The molecule has 0 aliphatic rings. The van der Waals surface area contributed by atoms with Crippen LogP contribution < -0.4 is 0 Å². The maximum absolute atomic E-state index is 12.3. The van der Waals surface area contributed by atoms with Crippen molar-refractivity contribution in [1.29, 1.82) is 0 Å². The summed E-state index contributed by atoms with van der Waals surface area (Å²) in [7, 11) is 1.83. The molecular formula is C14H20ClNO. The highest BCUT2D eigenvalue weighted by molar-refractivity contribution is 6.20. The standard InChI is InChI=1S/C14H20ClNO/c1-10-6-5-7-11(2)13(10)14(17)16(4)9-8-12(3)15/h5-7,12H,8-9H2,1-4H3. The molecule has 1 amide bonds. The predicted octanol–water partition coefficient (Wildman–Crippen LogP) is 3.39. The molecule has 0 heterocycles. The van der Waals surface area contributed by atoms with Gasteiger partial charge < -0.3 is 4.90 Å². The van der Waals surface area contributed by atoms with Crippen LogP contribution in [-0.4, -0.2) is 29.8 Å². The Labute approximate surface area is 109 Å². The average molecular weight is 254 g/mol. The minimum absolute atomic E-state index is 0.0814. The quantitative estimate of drug-likeness (QED) is 0.754. The molecule has 0 aliphatic carbocycles. The second kappa shape index (κ2) is 6.06. The summed E-state index contributed by atoms with van der Waals surface area (Å²) in [5, 5.41) is 0.100. The van der Waals surface area contributed by atoms with Gasteiger partial charge in [0.25, 0.3) is 5.91 Å². The highest BCUT2D eigenvalue weighted by Gasteiger charge is 2.16. The number of alkyl halides is 1. The lowest BCUT2D eigenvalue weighted by Gasteiger charge is -2.20. The van der Waals surface area contributed by atoms with Crippen molar-refractivity contribution in [3.8, 4) is 0 Å². The normalized spacial score (nSPS) is 12.3. The van der Waals surface area contributed by atoms with Crippen LogP contribution in [0.15, 0.2) is 18.2 Å². The summed E-state index contributed by atoms with van der Waals surface area (Å²) in [5.74, 6) is 0.0814. The third-order valence-electron chi connectivity index (χ3n) is 2.90. The highest BCUT2D eigenvalue weighted by Crippen LogP contribution is 2.15. The molecule has 1 aromatic carbocycles. The second-order valence-electron chi connectivity index (χ2n) is 4.56. The summed E-state index contributed by atoms with van der Waals surface area (Å²) in [6.07, 6.45) is 0.814. The number of halogens is 1. The Bertz CT molecular complexity index is 381. The van der Waals surface area contributed by atoms with Gasteiger partial charge in [-0.2, -0.15) is 0 Å². The van der Waals surface area contributed by atoms with E-state index in [1.807, 2.05) is 46.0 Å². The van der Waals surface area contributed by atoms with E-state index in [0.29, 0.717) is 6.54 Å². The molecule has 0 aromatic heterocycles. The first-order valence-corrected chi connectivity index (χ1v) is 6.33. The van der Waals surface area contributed by atoms with Gasteiger partial charge >= 0.3 is 0 Å². The average Bonchev–Trinajstić information content (AvgIpc) is 2.25. The number of hydrogen-bond acceptors (Lipinski definition) is 1. The Kier molecular flexibility index (Phi) is 5.01. The monoisotopic (exact) mass is 253 g/mol. The molecule has 0 radical (unpaired) electrons. The Morgan fingerprint density at radius 2 is 1.88 bits per heavy atom. The lowest BCUT2D eigenvalue weighted by Crippen LogP contribution is -2.30. The van der Waals surface area contributed by atoms with Crippen LogP contribution in [0.3, 0.4) is 0 Å². The number of benzene rings is 1. The molecule has 1 atom stereocenters. The number of amides is 1. The van der Waals surface area contributed by atoms with Gasteiger partial charge in [0.1, 0.15) is 0 Å². The third-order valence-corrected chi connectivity index (χ3v) is 3.12. The maximum Gasteiger partial charge on any atom is 0.254 e. The van der Waals surface area contributed by atoms with Crippen LogP contribution in [0.2, 0.25) is 0 Å². The summed E-state index contributed by atoms with van der Waals surface area (Å²) in [6.45, 7) is 6.58. The van der Waals surface area contributed by atoms with Gasteiger partial charge in [-0.05, 0) is 38.3 Å². The Morgan fingerprint density at radius 3 is 2.35 bits per heavy atom. The SMILES string of the molecule is Cc1cccc(C)c1C(=O)N(C)CCC(C)Cl. The van der Waals surface area contributed by atoms with Gasteiger partial charge in [0.05, 0.1) is 0 Å². The summed E-state index contributed by atoms with van der Waals surface area (Å²) in [5.41, 5.74) is 2.87. The number of carbonyl (C=O) groups is 1. The Morgan fingerprint density at radius 1 is 1.35 bits per heavy atom. The van der Waals surface area contributed by atoms with Gasteiger partial charge in [0, 0.05) is 24.5 Å². The van der Waals surface area contributed by atoms with Crippen LogP contribution in [0.25, 0.3) is 0 Å². The van der Waals surface area contributed by atoms with Crippen molar-refractivity contribution in [1.82, 2.24) is 4.90 Å². The van der Waals surface area contributed by atoms with Crippen molar-refractivity contribution >= 4 is 17.5 Å². The van der Waals surface area contributed by atoms with Crippen molar-refractivity contribution in [2.24, 2.45) is 0 Å². The number of hydrogen-bond donors (Lipinski definition) is 0. The minimum atomic E-state index is 0.0814. The fourth-order valence-electron chi connectivity index (χ4n) is 1.82. The van der Waals surface area contributed by atoms with E-state index in [1.165, 1.54) is 0 Å². The van der Waals surface area contributed by atoms with E-state index in [0.717, 1.165) is 23.1 Å². The predicted molar refractivity (Wildman–Crippen MR) is 72.8 cm³/mol. The van der Waals surface area contributed by atoms with Gasteiger partial charge in [-0.1, -0.05) is 18.2 Å². The summed E-state index contributed by atoms with van der Waals surface area (Å²) < 4.78 is 0. The highest BCUT2D eigenvalue weighted by atomic mass is 35.5. The first kappa shape index (κ1) is 14.0.